The molecule has 6 heteroatoms. The zero-order valence-electron chi connectivity index (χ0n) is 13.4. The number of hydrogen-bond donors (Lipinski definition) is 1. The van der Waals surface area contributed by atoms with Gasteiger partial charge in [0, 0.05) is 10.7 Å². The van der Waals surface area contributed by atoms with Crippen molar-refractivity contribution in [2.75, 3.05) is 11.9 Å². The molecule has 0 aliphatic carbocycles. The van der Waals surface area contributed by atoms with Gasteiger partial charge < -0.3 is 14.8 Å². The molecule has 0 aliphatic heterocycles. The van der Waals surface area contributed by atoms with Crippen LogP contribution in [0, 0.1) is 0 Å². The maximum atomic E-state index is 12.2. The van der Waals surface area contributed by atoms with Crippen LogP contribution in [0.15, 0.2) is 48.5 Å². The van der Waals surface area contributed by atoms with Gasteiger partial charge in [-0.1, -0.05) is 17.7 Å². The molecule has 2 rings (SSSR count). The third kappa shape index (κ3) is 4.99. The molecule has 1 amide bonds. The second-order valence-electron chi connectivity index (χ2n) is 5.00. The van der Waals surface area contributed by atoms with Crippen LogP contribution in [0.25, 0.3) is 0 Å². The van der Waals surface area contributed by atoms with Gasteiger partial charge in [-0.15, -0.1) is 0 Å². The van der Waals surface area contributed by atoms with Crippen molar-refractivity contribution < 1.29 is 19.1 Å². The molecule has 126 valence electrons. The molecule has 5 nitrogen and oxygen atoms in total. The van der Waals surface area contributed by atoms with Crippen molar-refractivity contribution >= 4 is 29.2 Å². The van der Waals surface area contributed by atoms with E-state index < -0.39 is 12.1 Å². The van der Waals surface area contributed by atoms with Crippen molar-refractivity contribution in [3.63, 3.8) is 0 Å². The average Bonchev–Trinajstić information content (AvgIpc) is 2.57. The largest absolute Gasteiger partial charge is 0.481 e. The Balaban J connectivity index is 1.99. The first kappa shape index (κ1) is 17.8. The summed E-state index contributed by atoms with van der Waals surface area (Å²) in [6.07, 6.45) is -0.711. The predicted octanol–water partition coefficient (Wildman–Crippen LogP) is 3.92. The number of halogens is 1. The van der Waals surface area contributed by atoms with Crippen LogP contribution in [-0.4, -0.2) is 24.6 Å². The molecule has 0 bridgehead atoms. The third-order valence-corrected chi connectivity index (χ3v) is 3.39. The Morgan fingerprint density at radius 2 is 1.88 bits per heavy atom. The van der Waals surface area contributed by atoms with Gasteiger partial charge >= 0.3 is 5.97 Å². The van der Waals surface area contributed by atoms with Gasteiger partial charge in [0.2, 0.25) is 0 Å². The van der Waals surface area contributed by atoms with E-state index in [9.17, 15) is 9.59 Å². The minimum atomic E-state index is -0.711. The van der Waals surface area contributed by atoms with Crippen LogP contribution in [-0.2, 0) is 9.53 Å². The first-order valence-corrected chi connectivity index (χ1v) is 7.87. The first-order valence-electron chi connectivity index (χ1n) is 7.50. The average molecular weight is 348 g/mol. The number of anilines is 1. The van der Waals surface area contributed by atoms with Gasteiger partial charge in [-0.25, -0.2) is 4.79 Å². The van der Waals surface area contributed by atoms with Crippen LogP contribution in [0.1, 0.15) is 24.2 Å². The molecule has 0 aliphatic rings. The summed E-state index contributed by atoms with van der Waals surface area (Å²) in [7, 11) is 0. The minimum absolute atomic E-state index is 0.293. The number of carbonyl (C=O) groups is 2. The summed E-state index contributed by atoms with van der Waals surface area (Å²) in [5, 5.41) is 3.31. The van der Waals surface area contributed by atoms with Crippen LogP contribution in [0.4, 0.5) is 5.69 Å². The van der Waals surface area contributed by atoms with Crippen molar-refractivity contribution in [3.8, 4) is 5.75 Å². The highest BCUT2D eigenvalue weighted by molar-refractivity contribution is 6.30. The fourth-order valence-electron chi connectivity index (χ4n) is 1.95. The Kier molecular flexibility index (Phi) is 6.21. The molecule has 2 aromatic rings. The normalized spacial score (nSPS) is 11.5. The van der Waals surface area contributed by atoms with Crippen LogP contribution < -0.4 is 10.1 Å². The maximum absolute atomic E-state index is 12.2. The van der Waals surface area contributed by atoms with Gasteiger partial charge in [0.25, 0.3) is 5.91 Å². The number of benzene rings is 2. The third-order valence-electron chi connectivity index (χ3n) is 3.14. The lowest BCUT2D eigenvalue weighted by molar-refractivity contribution is -0.122. The molecule has 0 saturated heterocycles. The van der Waals surface area contributed by atoms with E-state index >= 15 is 0 Å². The molecule has 0 fully saturated rings. The summed E-state index contributed by atoms with van der Waals surface area (Å²) < 4.78 is 10.5. The van der Waals surface area contributed by atoms with E-state index in [1.54, 1.807) is 62.4 Å². The highest BCUT2D eigenvalue weighted by Gasteiger charge is 2.16. The molecular weight excluding hydrogens is 330 g/mol. The summed E-state index contributed by atoms with van der Waals surface area (Å²) in [5.74, 6) is -0.215. The van der Waals surface area contributed by atoms with E-state index in [2.05, 4.69) is 5.32 Å². The summed E-state index contributed by atoms with van der Waals surface area (Å²) in [5.41, 5.74) is 0.873. The molecule has 0 heterocycles. The zero-order chi connectivity index (χ0) is 17.5. The van der Waals surface area contributed by atoms with Crippen LogP contribution in [0.2, 0.25) is 5.02 Å². The van der Waals surface area contributed by atoms with Crippen molar-refractivity contribution in [1.82, 2.24) is 0 Å². The van der Waals surface area contributed by atoms with E-state index in [1.807, 2.05) is 0 Å². The van der Waals surface area contributed by atoms with Crippen molar-refractivity contribution in [2.24, 2.45) is 0 Å². The highest BCUT2D eigenvalue weighted by Crippen LogP contribution is 2.18. The Morgan fingerprint density at radius 1 is 1.17 bits per heavy atom. The van der Waals surface area contributed by atoms with Gasteiger partial charge in [-0.2, -0.15) is 0 Å². The zero-order valence-corrected chi connectivity index (χ0v) is 14.2. The predicted molar refractivity (Wildman–Crippen MR) is 92.6 cm³/mol. The Bertz CT molecular complexity index is 715. The summed E-state index contributed by atoms with van der Waals surface area (Å²) in [4.78, 5) is 23.9. The number of nitrogens with one attached hydrogen (secondary N) is 1. The molecular formula is C18H18ClNO4. The standard InChI is InChI=1S/C18H18ClNO4/c1-3-23-18(22)13-5-4-6-15(11-13)20-17(21)12(2)24-16-9-7-14(19)8-10-16/h4-12H,3H2,1-2H3,(H,20,21)/t12-/m1/s1. The fourth-order valence-corrected chi connectivity index (χ4v) is 2.08. The fraction of sp³-hybridized carbons (Fsp3) is 0.222. The highest BCUT2D eigenvalue weighted by atomic mass is 35.5. The molecule has 1 atom stereocenters. The van der Waals surface area contributed by atoms with E-state index in [0.29, 0.717) is 28.6 Å². The summed E-state index contributed by atoms with van der Waals surface area (Å²) in [6.45, 7) is 3.67. The molecule has 1 N–H and O–H groups in total. The Labute approximate surface area is 145 Å². The summed E-state index contributed by atoms with van der Waals surface area (Å²) >= 11 is 5.81. The Hall–Kier alpha value is -2.53. The second kappa shape index (κ2) is 8.36. The van der Waals surface area contributed by atoms with E-state index in [1.165, 1.54) is 0 Å². The van der Waals surface area contributed by atoms with Crippen LogP contribution in [0.3, 0.4) is 0 Å². The van der Waals surface area contributed by atoms with Crippen LogP contribution in [0.5, 0.6) is 5.75 Å². The summed E-state index contributed by atoms with van der Waals surface area (Å²) in [6, 6.07) is 13.3. The smallest absolute Gasteiger partial charge is 0.338 e. The van der Waals surface area contributed by atoms with E-state index in [-0.39, 0.29) is 5.91 Å². The number of ether oxygens (including phenoxy) is 2. The topological polar surface area (TPSA) is 64.6 Å². The lowest BCUT2D eigenvalue weighted by Crippen LogP contribution is -2.30. The first-order chi connectivity index (χ1) is 11.5. The molecule has 0 aromatic heterocycles. The van der Waals surface area contributed by atoms with Crippen molar-refractivity contribution in [3.05, 3.63) is 59.1 Å². The quantitative estimate of drug-likeness (QED) is 0.804. The number of amides is 1. The van der Waals surface area contributed by atoms with Gasteiger partial charge in [0.15, 0.2) is 6.10 Å². The molecule has 0 spiro atoms. The van der Waals surface area contributed by atoms with E-state index in [0.717, 1.165) is 0 Å². The lowest BCUT2D eigenvalue weighted by atomic mass is 10.2. The minimum Gasteiger partial charge on any atom is -0.481 e. The van der Waals surface area contributed by atoms with Gasteiger partial charge in [0.1, 0.15) is 5.75 Å². The van der Waals surface area contributed by atoms with Crippen molar-refractivity contribution in [1.29, 1.82) is 0 Å². The van der Waals surface area contributed by atoms with E-state index in [4.69, 9.17) is 21.1 Å². The molecule has 2 aromatic carbocycles. The molecule has 24 heavy (non-hydrogen) atoms. The SMILES string of the molecule is CCOC(=O)c1cccc(NC(=O)[C@@H](C)Oc2ccc(Cl)cc2)c1. The lowest BCUT2D eigenvalue weighted by Gasteiger charge is -2.15. The molecule has 0 unspecified atom stereocenters. The molecule has 0 saturated carbocycles. The van der Waals surface area contributed by atoms with Crippen molar-refractivity contribution in [2.45, 2.75) is 20.0 Å². The monoisotopic (exact) mass is 347 g/mol. The van der Waals surface area contributed by atoms with Gasteiger partial charge in [-0.05, 0) is 56.3 Å². The van der Waals surface area contributed by atoms with Crippen LogP contribution >= 0.6 is 11.6 Å². The maximum Gasteiger partial charge on any atom is 0.338 e. The number of rotatable bonds is 6. The van der Waals surface area contributed by atoms with Gasteiger partial charge in [-0.3, -0.25) is 4.79 Å². The number of carbonyl (C=O) groups excluding carboxylic acids is 2. The second-order valence-corrected chi connectivity index (χ2v) is 5.44. The number of hydrogen-bond acceptors (Lipinski definition) is 4. The Morgan fingerprint density at radius 3 is 2.54 bits per heavy atom. The molecule has 0 radical (unpaired) electrons. The van der Waals surface area contributed by atoms with Gasteiger partial charge in [0.05, 0.1) is 12.2 Å². The number of esters is 1.